The summed E-state index contributed by atoms with van der Waals surface area (Å²) in [5, 5.41) is 8.23. The van der Waals surface area contributed by atoms with Crippen LogP contribution in [0.15, 0.2) is 12.4 Å². The monoisotopic (exact) mass is 276 g/mol. The van der Waals surface area contributed by atoms with E-state index in [1.165, 1.54) is 63.6 Å². The van der Waals surface area contributed by atoms with Crippen molar-refractivity contribution in [2.45, 2.75) is 63.5 Å². The number of hydrogen-bond donors (Lipinski definition) is 1. The molecule has 20 heavy (non-hydrogen) atoms. The van der Waals surface area contributed by atoms with Gasteiger partial charge in [0.2, 0.25) is 0 Å². The summed E-state index contributed by atoms with van der Waals surface area (Å²) >= 11 is 0. The lowest BCUT2D eigenvalue weighted by Gasteiger charge is -2.36. The van der Waals surface area contributed by atoms with Crippen LogP contribution in [0, 0.1) is 0 Å². The van der Waals surface area contributed by atoms with Crippen molar-refractivity contribution in [2.24, 2.45) is 7.05 Å². The van der Waals surface area contributed by atoms with Crippen LogP contribution in [0.25, 0.3) is 0 Å². The molecule has 0 radical (unpaired) electrons. The second kappa shape index (κ2) is 6.61. The third-order valence-electron chi connectivity index (χ3n) is 4.80. The summed E-state index contributed by atoms with van der Waals surface area (Å²) in [6.45, 7) is 2.32. The first-order valence-electron chi connectivity index (χ1n) is 8.31. The zero-order chi connectivity index (χ0) is 13.8. The van der Waals surface area contributed by atoms with Gasteiger partial charge in [-0.1, -0.05) is 25.7 Å². The number of nitrogens with one attached hydrogen (secondary N) is 1. The molecule has 3 rings (SSSR count). The Hall–Kier alpha value is -1.03. The highest BCUT2D eigenvalue weighted by atomic mass is 15.3. The van der Waals surface area contributed by atoms with E-state index in [0.29, 0.717) is 6.04 Å². The minimum absolute atomic E-state index is 0.659. The first kappa shape index (κ1) is 13.9. The lowest BCUT2D eigenvalue weighted by molar-refractivity contribution is 0.351. The molecule has 0 amide bonds. The Bertz CT molecular complexity index is 406. The van der Waals surface area contributed by atoms with Crippen LogP contribution in [0.2, 0.25) is 0 Å². The Labute approximate surface area is 122 Å². The van der Waals surface area contributed by atoms with E-state index in [-0.39, 0.29) is 0 Å². The molecule has 0 aromatic carbocycles. The van der Waals surface area contributed by atoms with Gasteiger partial charge in [0.25, 0.3) is 0 Å². The summed E-state index contributed by atoms with van der Waals surface area (Å²) in [6.07, 6.45) is 15.2. The van der Waals surface area contributed by atoms with Crippen molar-refractivity contribution in [2.75, 3.05) is 18.0 Å². The Morgan fingerprint density at radius 2 is 1.80 bits per heavy atom. The van der Waals surface area contributed by atoms with Crippen LogP contribution in [0.4, 0.5) is 5.69 Å². The quantitative estimate of drug-likeness (QED) is 0.862. The molecule has 0 unspecified atom stereocenters. The van der Waals surface area contributed by atoms with Crippen molar-refractivity contribution in [1.29, 1.82) is 0 Å². The third-order valence-corrected chi connectivity index (χ3v) is 4.80. The van der Waals surface area contributed by atoms with Crippen molar-refractivity contribution in [3.8, 4) is 0 Å². The minimum Gasteiger partial charge on any atom is -0.367 e. The van der Waals surface area contributed by atoms with Crippen LogP contribution in [-0.4, -0.2) is 35.0 Å². The lowest BCUT2D eigenvalue weighted by Crippen LogP contribution is -2.49. The van der Waals surface area contributed by atoms with E-state index in [0.717, 1.165) is 12.6 Å². The molecule has 1 N–H and O–H groups in total. The Morgan fingerprint density at radius 3 is 2.50 bits per heavy atom. The Kier molecular flexibility index (Phi) is 4.61. The number of rotatable bonds is 3. The maximum absolute atomic E-state index is 4.30. The minimum atomic E-state index is 0.659. The van der Waals surface area contributed by atoms with Crippen molar-refractivity contribution in [1.82, 2.24) is 15.1 Å². The second-order valence-electron chi connectivity index (χ2n) is 6.51. The highest BCUT2D eigenvalue weighted by molar-refractivity contribution is 5.42. The van der Waals surface area contributed by atoms with E-state index in [2.05, 4.69) is 21.5 Å². The van der Waals surface area contributed by atoms with E-state index in [1.807, 2.05) is 17.9 Å². The maximum atomic E-state index is 4.30. The highest BCUT2D eigenvalue weighted by Gasteiger charge is 2.23. The standard InChI is InChI=1S/C16H28N4/c1-19-13-16(11-17-19)20-10-6-9-15(12-20)18-14-7-4-2-3-5-8-14/h11,13-15,18H,2-10,12H2,1H3/t15-/m1/s1. The van der Waals surface area contributed by atoms with Gasteiger partial charge < -0.3 is 10.2 Å². The predicted octanol–water partition coefficient (Wildman–Crippen LogP) is 2.70. The molecule has 1 atom stereocenters. The van der Waals surface area contributed by atoms with Crippen molar-refractivity contribution in [3.05, 3.63) is 12.4 Å². The molecule has 1 saturated heterocycles. The highest BCUT2D eigenvalue weighted by Crippen LogP contribution is 2.22. The molecule has 112 valence electrons. The van der Waals surface area contributed by atoms with Gasteiger partial charge in [-0.2, -0.15) is 5.10 Å². The first-order valence-corrected chi connectivity index (χ1v) is 8.31. The van der Waals surface area contributed by atoms with Crippen LogP contribution >= 0.6 is 0 Å². The predicted molar refractivity (Wildman–Crippen MR) is 83.1 cm³/mol. The SMILES string of the molecule is Cn1cc(N2CCC[C@@H](NC3CCCCCC3)C2)cn1. The molecule has 2 aliphatic rings. The summed E-state index contributed by atoms with van der Waals surface area (Å²) in [5.74, 6) is 0. The van der Waals surface area contributed by atoms with E-state index in [4.69, 9.17) is 0 Å². The van der Waals surface area contributed by atoms with Gasteiger partial charge in [0.05, 0.1) is 11.9 Å². The summed E-state index contributed by atoms with van der Waals surface area (Å²) in [7, 11) is 1.99. The van der Waals surface area contributed by atoms with Crippen LogP contribution in [0.3, 0.4) is 0 Å². The van der Waals surface area contributed by atoms with Gasteiger partial charge in [-0.25, -0.2) is 0 Å². The Morgan fingerprint density at radius 1 is 1.05 bits per heavy atom. The Balaban J connectivity index is 1.54. The van der Waals surface area contributed by atoms with Gasteiger partial charge in [0, 0.05) is 38.4 Å². The van der Waals surface area contributed by atoms with Gasteiger partial charge in [-0.3, -0.25) is 4.68 Å². The lowest BCUT2D eigenvalue weighted by atomic mass is 10.0. The molecule has 1 aliphatic heterocycles. The van der Waals surface area contributed by atoms with Crippen molar-refractivity contribution in [3.63, 3.8) is 0 Å². The second-order valence-corrected chi connectivity index (χ2v) is 6.51. The number of piperidine rings is 1. The largest absolute Gasteiger partial charge is 0.367 e. The zero-order valence-corrected chi connectivity index (χ0v) is 12.7. The summed E-state index contributed by atoms with van der Waals surface area (Å²) < 4.78 is 1.90. The topological polar surface area (TPSA) is 33.1 Å². The van der Waals surface area contributed by atoms with E-state index in [9.17, 15) is 0 Å². The molecule has 1 aliphatic carbocycles. The van der Waals surface area contributed by atoms with Crippen LogP contribution in [-0.2, 0) is 7.05 Å². The number of nitrogens with zero attached hydrogens (tertiary/aromatic N) is 3. The average Bonchev–Trinajstić information content (AvgIpc) is 2.73. The molecule has 2 fully saturated rings. The van der Waals surface area contributed by atoms with Gasteiger partial charge in [-0.05, 0) is 25.7 Å². The molecule has 1 saturated carbocycles. The number of aryl methyl sites for hydroxylation is 1. The van der Waals surface area contributed by atoms with Crippen molar-refractivity contribution < 1.29 is 0 Å². The van der Waals surface area contributed by atoms with Crippen LogP contribution < -0.4 is 10.2 Å². The van der Waals surface area contributed by atoms with E-state index >= 15 is 0 Å². The molecule has 0 bridgehead atoms. The fourth-order valence-electron chi connectivity index (χ4n) is 3.70. The molecule has 2 heterocycles. The normalized spacial score (nSPS) is 25.6. The molecule has 4 nitrogen and oxygen atoms in total. The number of hydrogen-bond acceptors (Lipinski definition) is 3. The molecular formula is C16H28N4. The fourth-order valence-corrected chi connectivity index (χ4v) is 3.70. The number of anilines is 1. The number of aromatic nitrogens is 2. The van der Waals surface area contributed by atoms with Gasteiger partial charge in [0.15, 0.2) is 0 Å². The summed E-state index contributed by atoms with van der Waals surface area (Å²) in [4.78, 5) is 2.49. The molecule has 1 aromatic heterocycles. The van der Waals surface area contributed by atoms with Crippen LogP contribution in [0.1, 0.15) is 51.4 Å². The van der Waals surface area contributed by atoms with E-state index < -0.39 is 0 Å². The van der Waals surface area contributed by atoms with Crippen molar-refractivity contribution >= 4 is 5.69 Å². The first-order chi connectivity index (χ1) is 9.81. The van der Waals surface area contributed by atoms with Crippen LogP contribution in [0.5, 0.6) is 0 Å². The van der Waals surface area contributed by atoms with Gasteiger partial charge in [0.1, 0.15) is 0 Å². The summed E-state index contributed by atoms with van der Waals surface area (Å²) in [6, 6.07) is 1.42. The zero-order valence-electron chi connectivity index (χ0n) is 12.7. The molecule has 0 spiro atoms. The van der Waals surface area contributed by atoms with Gasteiger partial charge >= 0.3 is 0 Å². The average molecular weight is 276 g/mol. The smallest absolute Gasteiger partial charge is 0.0752 e. The third kappa shape index (κ3) is 3.54. The molecule has 1 aromatic rings. The van der Waals surface area contributed by atoms with E-state index in [1.54, 1.807) is 0 Å². The maximum Gasteiger partial charge on any atom is 0.0752 e. The molecule has 4 heteroatoms. The van der Waals surface area contributed by atoms with Gasteiger partial charge in [-0.15, -0.1) is 0 Å². The fraction of sp³-hybridized carbons (Fsp3) is 0.812. The summed E-state index contributed by atoms with van der Waals surface area (Å²) in [5.41, 5.74) is 1.28. The molecular weight excluding hydrogens is 248 g/mol.